The number of nitrogens with zero attached hydrogens (tertiary/aromatic N) is 1. The number of thioether (sulfide) groups is 2. The summed E-state index contributed by atoms with van der Waals surface area (Å²) in [6.45, 7) is -0.102. The Bertz CT molecular complexity index is 740. The summed E-state index contributed by atoms with van der Waals surface area (Å²) >= 11 is 10.4. The van der Waals surface area contributed by atoms with E-state index in [2.05, 4.69) is 42.4 Å². The number of hydrogen-bond acceptors (Lipinski definition) is 6. The normalized spacial score (nSPS) is 15.0. The fourth-order valence-electron chi connectivity index (χ4n) is 2.05. The van der Waals surface area contributed by atoms with Gasteiger partial charge >= 0.3 is 0 Å². The number of rotatable bonds is 6. The van der Waals surface area contributed by atoms with Crippen LogP contribution in [0.25, 0.3) is 0 Å². The van der Waals surface area contributed by atoms with Crippen LogP contribution >= 0.6 is 55.4 Å². The molecular formula is C16H14Br2N2O3S2. The van der Waals surface area contributed by atoms with Gasteiger partial charge < -0.3 is 9.15 Å². The molecule has 132 valence electrons. The summed E-state index contributed by atoms with van der Waals surface area (Å²) in [6, 6.07) is 9.62. The molecule has 25 heavy (non-hydrogen) atoms. The van der Waals surface area contributed by atoms with E-state index in [1.807, 2.05) is 47.8 Å². The third kappa shape index (κ3) is 5.54. The minimum atomic E-state index is -0.341. The summed E-state index contributed by atoms with van der Waals surface area (Å²) in [4.78, 5) is 11.7. The summed E-state index contributed by atoms with van der Waals surface area (Å²) < 4.78 is 12.6. The van der Waals surface area contributed by atoms with Gasteiger partial charge in [-0.25, -0.2) is 5.43 Å². The highest BCUT2D eigenvalue weighted by Gasteiger charge is 2.17. The molecule has 1 aliphatic heterocycles. The number of ether oxygens (including phenoxy) is 1. The SMILES string of the molecule is O=C(COc1ccc(C2SCCS2)cc1)N/N=C\c1cc(Br)c(Br)o1. The highest BCUT2D eigenvalue weighted by Crippen LogP contribution is 2.45. The van der Waals surface area contributed by atoms with Crippen LogP contribution in [0.1, 0.15) is 15.9 Å². The van der Waals surface area contributed by atoms with Crippen molar-refractivity contribution in [1.82, 2.24) is 5.43 Å². The number of nitrogens with one attached hydrogen (secondary N) is 1. The Kier molecular flexibility index (Phi) is 6.92. The molecule has 3 rings (SSSR count). The molecule has 2 aromatic rings. The molecule has 0 aliphatic carbocycles. The molecule has 1 aromatic heterocycles. The summed E-state index contributed by atoms with van der Waals surface area (Å²) in [5.41, 5.74) is 3.68. The first-order valence-corrected chi connectivity index (χ1v) is 11.0. The summed E-state index contributed by atoms with van der Waals surface area (Å²) in [7, 11) is 0. The fraction of sp³-hybridized carbons (Fsp3) is 0.250. The molecule has 0 radical (unpaired) electrons. The number of hydrazone groups is 1. The molecule has 0 bridgehead atoms. The van der Waals surface area contributed by atoms with Crippen molar-refractivity contribution in [3.05, 3.63) is 50.8 Å². The Balaban J connectivity index is 1.43. The molecule has 1 saturated heterocycles. The molecule has 1 amide bonds. The van der Waals surface area contributed by atoms with Gasteiger partial charge in [-0.1, -0.05) is 12.1 Å². The Morgan fingerprint density at radius 1 is 1.32 bits per heavy atom. The first-order valence-electron chi connectivity index (χ1n) is 7.34. The minimum Gasteiger partial charge on any atom is -0.484 e. The molecule has 9 heteroatoms. The van der Waals surface area contributed by atoms with E-state index in [9.17, 15) is 4.79 Å². The molecule has 1 N–H and O–H groups in total. The van der Waals surface area contributed by atoms with Crippen molar-refractivity contribution in [2.45, 2.75) is 4.58 Å². The van der Waals surface area contributed by atoms with E-state index in [4.69, 9.17) is 9.15 Å². The molecular weight excluding hydrogens is 492 g/mol. The van der Waals surface area contributed by atoms with E-state index >= 15 is 0 Å². The van der Waals surface area contributed by atoms with Gasteiger partial charge in [-0.15, -0.1) is 23.5 Å². The predicted octanol–water partition coefficient (Wildman–Crippen LogP) is 4.81. The van der Waals surface area contributed by atoms with E-state index in [0.29, 0.717) is 20.8 Å². The second kappa shape index (κ2) is 9.16. The van der Waals surface area contributed by atoms with Gasteiger partial charge in [0.1, 0.15) is 11.5 Å². The van der Waals surface area contributed by atoms with E-state index in [1.54, 1.807) is 6.07 Å². The zero-order valence-electron chi connectivity index (χ0n) is 12.9. The van der Waals surface area contributed by atoms with Crippen molar-refractivity contribution in [3.8, 4) is 5.75 Å². The second-order valence-corrected chi connectivity index (χ2v) is 9.29. The largest absolute Gasteiger partial charge is 0.484 e. The van der Waals surface area contributed by atoms with Gasteiger partial charge in [0, 0.05) is 17.6 Å². The van der Waals surface area contributed by atoms with E-state index in [1.165, 1.54) is 23.3 Å². The molecule has 1 aromatic carbocycles. The van der Waals surface area contributed by atoms with Gasteiger partial charge in [0.15, 0.2) is 11.3 Å². The molecule has 0 spiro atoms. The van der Waals surface area contributed by atoms with Crippen LogP contribution in [0, 0.1) is 0 Å². The lowest BCUT2D eigenvalue weighted by Crippen LogP contribution is -2.24. The molecule has 0 saturated carbocycles. The summed E-state index contributed by atoms with van der Waals surface area (Å²) in [5.74, 6) is 3.22. The van der Waals surface area contributed by atoms with Crippen molar-refractivity contribution in [1.29, 1.82) is 0 Å². The predicted molar refractivity (Wildman–Crippen MR) is 109 cm³/mol. The highest BCUT2D eigenvalue weighted by molar-refractivity contribution is 9.13. The molecule has 2 heterocycles. The van der Waals surface area contributed by atoms with Crippen LogP contribution in [-0.4, -0.2) is 30.2 Å². The second-order valence-electron chi connectivity index (χ2n) is 4.99. The molecule has 1 fully saturated rings. The van der Waals surface area contributed by atoms with Gasteiger partial charge in [-0.3, -0.25) is 4.79 Å². The smallest absolute Gasteiger partial charge is 0.277 e. The third-order valence-electron chi connectivity index (χ3n) is 3.19. The van der Waals surface area contributed by atoms with Crippen molar-refractivity contribution < 1.29 is 13.9 Å². The van der Waals surface area contributed by atoms with Crippen molar-refractivity contribution in [2.24, 2.45) is 5.10 Å². The number of carbonyl (C=O) groups excluding carboxylic acids is 1. The monoisotopic (exact) mass is 504 g/mol. The van der Waals surface area contributed by atoms with Crippen LogP contribution in [0.5, 0.6) is 5.75 Å². The van der Waals surface area contributed by atoms with Gasteiger partial charge in [0.2, 0.25) is 0 Å². The average Bonchev–Trinajstić information content (AvgIpc) is 3.24. The summed E-state index contributed by atoms with van der Waals surface area (Å²) in [6.07, 6.45) is 1.42. The molecule has 0 unspecified atom stereocenters. The maximum atomic E-state index is 11.7. The maximum Gasteiger partial charge on any atom is 0.277 e. The van der Waals surface area contributed by atoms with Crippen LogP contribution in [0.15, 0.2) is 49.0 Å². The number of amides is 1. The Hall–Kier alpha value is -0.900. The van der Waals surface area contributed by atoms with Gasteiger partial charge in [-0.2, -0.15) is 5.10 Å². The molecule has 1 aliphatic rings. The topological polar surface area (TPSA) is 63.8 Å². The lowest BCUT2D eigenvalue weighted by molar-refractivity contribution is -0.123. The number of furan rings is 1. The standard InChI is InChI=1S/C16H14Br2N2O3S2/c17-13-7-12(23-15(13)18)8-19-20-14(21)9-22-11-3-1-10(2-4-11)16-24-5-6-25-16/h1-4,7-8,16H,5-6,9H2,(H,20,21)/b19-8-. The van der Waals surface area contributed by atoms with Crippen molar-refractivity contribution >= 4 is 67.5 Å². The lowest BCUT2D eigenvalue weighted by atomic mass is 10.2. The molecule has 0 atom stereocenters. The van der Waals surface area contributed by atoms with Crippen LogP contribution in [0.4, 0.5) is 0 Å². The maximum absolute atomic E-state index is 11.7. The number of benzene rings is 1. The minimum absolute atomic E-state index is 0.102. The van der Waals surface area contributed by atoms with E-state index in [-0.39, 0.29) is 12.5 Å². The Morgan fingerprint density at radius 2 is 2.04 bits per heavy atom. The number of halogens is 2. The van der Waals surface area contributed by atoms with Gasteiger partial charge in [0.25, 0.3) is 5.91 Å². The van der Waals surface area contributed by atoms with Gasteiger partial charge in [-0.05, 0) is 49.6 Å². The van der Waals surface area contributed by atoms with Crippen molar-refractivity contribution in [2.75, 3.05) is 18.1 Å². The molecule has 5 nitrogen and oxygen atoms in total. The Morgan fingerprint density at radius 3 is 2.68 bits per heavy atom. The Labute approximate surface area is 170 Å². The van der Waals surface area contributed by atoms with Crippen LogP contribution in [0.3, 0.4) is 0 Å². The van der Waals surface area contributed by atoms with Crippen LogP contribution in [0.2, 0.25) is 0 Å². The van der Waals surface area contributed by atoms with Crippen LogP contribution in [-0.2, 0) is 4.79 Å². The summed E-state index contributed by atoms with van der Waals surface area (Å²) in [5, 5.41) is 3.83. The highest BCUT2D eigenvalue weighted by atomic mass is 79.9. The quantitative estimate of drug-likeness (QED) is 0.450. The van der Waals surface area contributed by atoms with E-state index in [0.717, 1.165) is 4.47 Å². The third-order valence-corrected chi connectivity index (χ3v) is 8.00. The first kappa shape index (κ1) is 18.9. The first-order chi connectivity index (χ1) is 12.1. The lowest BCUT2D eigenvalue weighted by Gasteiger charge is -2.09. The number of carbonyl (C=O) groups is 1. The van der Waals surface area contributed by atoms with Crippen molar-refractivity contribution in [3.63, 3.8) is 0 Å². The van der Waals surface area contributed by atoms with Gasteiger partial charge in [0.05, 0.1) is 15.3 Å². The van der Waals surface area contributed by atoms with E-state index < -0.39 is 0 Å². The average molecular weight is 506 g/mol. The number of hydrogen-bond donors (Lipinski definition) is 1. The fourth-order valence-corrected chi connectivity index (χ4v) is 5.52. The van der Waals surface area contributed by atoms with Crippen LogP contribution < -0.4 is 10.2 Å². The zero-order valence-corrected chi connectivity index (χ0v) is 17.7. The zero-order chi connectivity index (χ0) is 17.6.